The summed E-state index contributed by atoms with van der Waals surface area (Å²) in [5.74, 6) is 5.57. The third kappa shape index (κ3) is 5.19. The van der Waals surface area contributed by atoms with Crippen LogP contribution in [0.5, 0.6) is 0 Å². The van der Waals surface area contributed by atoms with Crippen LogP contribution < -0.4 is 5.32 Å². The fourth-order valence-corrected chi connectivity index (χ4v) is 15.0. The number of ether oxygens (including phenoxy) is 1. The summed E-state index contributed by atoms with van der Waals surface area (Å²) in [5, 5.41) is 5.23. The molecule has 0 spiro atoms. The van der Waals surface area contributed by atoms with Gasteiger partial charge in [-0.2, -0.15) is 11.8 Å². The zero-order valence-corrected chi connectivity index (χ0v) is 29.6. The molecule has 2 heterocycles. The first kappa shape index (κ1) is 31.3. The minimum Gasteiger partial charge on any atom is -0.462 e. The SMILES string of the molecule is CC(C)(C)CC(=O)OC1CCC2(C)C(CCC3(C)C4CCC5(NCCN6CC7CC6CS7)CCC[C@@H]5C4CCC32)C1(C)C. The Bertz CT molecular complexity index is 1070. The number of likely N-dealkylation sites (tertiary alicyclic amines) is 1. The molecule has 0 radical (unpaired) electrons. The molecule has 244 valence electrons. The van der Waals surface area contributed by atoms with Crippen LogP contribution in [0, 0.1) is 51.2 Å². The number of esters is 1. The molecular formula is C38H64N2O2S. The largest absolute Gasteiger partial charge is 0.462 e. The van der Waals surface area contributed by atoms with Gasteiger partial charge in [-0.25, -0.2) is 0 Å². The zero-order valence-electron chi connectivity index (χ0n) is 28.8. The average Bonchev–Trinajstić information content (AvgIpc) is 3.65. The molecule has 2 bridgehead atoms. The van der Waals surface area contributed by atoms with Crippen LogP contribution in [0.4, 0.5) is 0 Å². The van der Waals surface area contributed by atoms with Crippen molar-refractivity contribution in [1.82, 2.24) is 10.2 Å². The molecule has 7 rings (SSSR count). The lowest BCUT2D eigenvalue weighted by Crippen LogP contribution is -2.65. The van der Waals surface area contributed by atoms with Gasteiger partial charge in [0.2, 0.25) is 0 Å². The zero-order chi connectivity index (χ0) is 30.4. The number of carbonyl (C=O) groups is 1. The molecule has 5 heteroatoms. The number of fused-ring (bicyclic) bond motifs is 9. The fourth-order valence-electron chi connectivity index (χ4n) is 13.5. The minimum atomic E-state index is -0.0189. The smallest absolute Gasteiger partial charge is 0.306 e. The van der Waals surface area contributed by atoms with Gasteiger partial charge in [0.25, 0.3) is 0 Å². The maximum Gasteiger partial charge on any atom is 0.306 e. The van der Waals surface area contributed by atoms with Crippen LogP contribution in [0.25, 0.3) is 0 Å². The highest BCUT2D eigenvalue weighted by atomic mass is 32.2. The molecule has 5 saturated carbocycles. The predicted molar refractivity (Wildman–Crippen MR) is 179 cm³/mol. The van der Waals surface area contributed by atoms with E-state index < -0.39 is 0 Å². The van der Waals surface area contributed by atoms with Gasteiger partial charge in [0.1, 0.15) is 6.10 Å². The first-order valence-corrected chi connectivity index (χ1v) is 19.6. The van der Waals surface area contributed by atoms with E-state index >= 15 is 0 Å². The molecule has 0 amide bonds. The summed E-state index contributed by atoms with van der Waals surface area (Å²) in [4.78, 5) is 15.8. The van der Waals surface area contributed by atoms with Crippen molar-refractivity contribution in [3.63, 3.8) is 0 Å². The average molecular weight is 613 g/mol. The summed E-state index contributed by atoms with van der Waals surface area (Å²) in [6.45, 7) is 20.6. The normalized spacial score (nSPS) is 48.7. The lowest BCUT2D eigenvalue weighted by atomic mass is 9.36. The highest BCUT2D eigenvalue weighted by Crippen LogP contribution is 2.72. The molecule has 11 atom stereocenters. The molecule has 10 unspecified atom stereocenters. The summed E-state index contributed by atoms with van der Waals surface area (Å²) in [7, 11) is 0. The molecule has 0 aromatic rings. The van der Waals surface area contributed by atoms with Gasteiger partial charge in [0, 0.05) is 47.6 Å². The Labute approximate surface area is 268 Å². The third-order valence-electron chi connectivity index (χ3n) is 15.3. The number of carbonyl (C=O) groups excluding carboxylic acids is 1. The van der Waals surface area contributed by atoms with Crippen molar-refractivity contribution in [2.45, 2.75) is 155 Å². The second-order valence-electron chi connectivity index (χ2n) is 19.0. The monoisotopic (exact) mass is 612 g/mol. The third-order valence-corrected chi connectivity index (χ3v) is 16.7. The Morgan fingerprint density at radius 2 is 1.70 bits per heavy atom. The molecular weight excluding hydrogens is 548 g/mol. The molecule has 7 fully saturated rings. The summed E-state index contributed by atoms with van der Waals surface area (Å²) in [6.07, 6.45) is 17.1. The van der Waals surface area contributed by atoms with E-state index in [1.54, 1.807) is 0 Å². The molecule has 5 aliphatic carbocycles. The summed E-state index contributed by atoms with van der Waals surface area (Å²) in [5.41, 5.74) is 1.29. The molecule has 2 saturated heterocycles. The first-order chi connectivity index (χ1) is 20.3. The maximum atomic E-state index is 12.9. The van der Waals surface area contributed by atoms with Crippen molar-refractivity contribution in [3.05, 3.63) is 0 Å². The Balaban J connectivity index is 1.03. The number of hydrogen-bond acceptors (Lipinski definition) is 5. The van der Waals surface area contributed by atoms with Crippen LogP contribution in [-0.4, -0.2) is 59.2 Å². The number of nitrogens with zero attached hydrogens (tertiary/aromatic N) is 1. The van der Waals surface area contributed by atoms with Crippen molar-refractivity contribution in [3.8, 4) is 0 Å². The van der Waals surface area contributed by atoms with E-state index in [-0.39, 0.29) is 22.9 Å². The summed E-state index contributed by atoms with van der Waals surface area (Å²) in [6, 6.07) is 0.867. The van der Waals surface area contributed by atoms with Gasteiger partial charge < -0.3 is 10.1 Å². The molecule has 7 aliphatic rings. The lowest BCUT2D eigenvalue weighted by Gasteiger charge is -2.69. The molecule has 1 N–H and O–H groups in total. The summed E-state index contributed by atoms with van der Waals surface area (Å²) < 4.78 is 6.31. The van der Waals surface area contributed by atoms with Gasteiger partial charge >= 0.3 is 5.97 Å². The van der Waals surface area contributed by atoms with Crippen LogP contribution in [0.3, 0.4) is 0 Å². The van der Waals surface area contributed by atoms with Gasteiger partial charge in [0.05, 0.1) is 6.42 Å². The second-order valence-corrected chi connectivity index (χ2v) is 20.4. The quantitative estimate of drug-likeness (QED) is 0.306. The van der Waals surface area contributed by atoms with Crippen molar-refractivity contribution >= 4 is 17.7 Å². The molecule has 0 aromatic carbocycles. The predicted octanol–water partition coefficient (Wildman–Crippen LogP) is 8.33. The number of nitrogens with one attached hydrogen (secondary N) is 1. The second kappa shape index (κ2) is 10.9. The van der Waals surface area contributed by atoms with Crippen molar-refractivity contribution in [1.29, 1.82) is 0 Å². The maximum absolute atomic E-state index is 12.9. The Kier molecular flexibility index (Phi) is 7.94. The van der Waals surface area contributed by atoms with Crippen LogP contribution in [-0.2, 0) is 9.53 Å². The van der Waals surface area contributed by atoms with E-state index in [0.29, 0.717) is 28.7 Å². The standard InChI is InChI=1S/C38H64N2O2S/c1-34(2,3)22-33(41)42-32-14-17-37(7)30(35(32,4)5)13-16-36(6)28-12-18-38(15-8-9-29(38)27(28)10-11-31(36)37)39-19-20-40-23-26-21-25(40)24-43-26/h25-32,39H,8-24H2,1-7H3/t25?,26?,27?,28?,29-,30?,31?,32?,36?,37?,38?/m1/s1. The fraction of sp³-hybridized carbons (Fsp3) is 0.974. The van der Waals surface area contributed by atoms with E-state index in [4.69, 9.17) is 4.74 Å². The molecule has 4 nitrogen and oxygen atoms in total. The van der Waals surface area contributed by atoms with Crippen LogP contribution in [0.2, 0.25) is 0 Å². The van der Waals surface area contributed by atoms with Crippen LogP contribution >= 0.6 is 11.8 Å². The van der Waals surface area contributed by atoms with Crippen molar-refractivity contribution in [2.75, 3.05) is 25.4 Å². The Morgan fingerprint density at radius 3 is 2.42 bits per heavy atom. The highest BCUT2D eigenvalue weighted by molar-refractivity contribution is 8.00. The van der Waals surface area contributed by atoms with Crippen LogP contribution in [0.15, 0.2) is 0 Å². The highest BCUT2D eigenvalue weighted by Gasteiger charge is 2.66. The Hall–Kier alpha value is -0.260. The number of rotatable bonds is 6. The molecule has 2 aliphatic heterocycles. The van der Waals surface area contributed by atoms with Gasteiger partial charge in [-0.15, -0.1) is 0 Å². The topological polar surface area (TPSA) is 41.6 Å². The van der Waals surface area contributed by atoms with Gasteiger partial charge in [-0.05, 0) is 116 Å². The van der Waals surface area contributed by atoms with E-state index in [1.807, 2.05) is 0 Å². The van der Waals surface area contributed by atoms with Crippen molar-refractivity contribution < 1.29 is 9.53 Å². The van der Waals surface area contributed by atoms with Gasteiger partial charge in [0.15, 0.2) is 0 Å². The van der Waals surface area contributed by atoms with E-state index in [1.165, 1.54) is 96.0 Å². The van der Waals surface area contributed by atoms with E-state index in [0.717, 1.165) is 41.4 Å². The number of hydrogen-bond donors (Lipinski definition) is 1. The Morgan fingerprint density at radius 1 is 0.907 bits per heavy atom. The van der Waals surface area contributed by atoms with E-state index in [9.17, 15) is 4.79 Å². The first-order valence-electron chi connectivity index (χ1n) is 18.6. The van der Waals surface area contributed by atoms with Crippen molar-refractivity contribution in [2.24, 2.45) is 51.2 Å². The molecule has 43 heavy (non-hydrogen) atoms. The number of thioether (sulfide) groups is 1. The molecule has 0 aromatic heterocycles. The minimum absolute atomic E-state index is 0.0119. The van der Waals surface area contributed by atoms with Gasteiger partial charge in [-0.3, -0.25) is 9.69 Å². The van der Waals surface area contributed by atoms with E-state index in [2.05, 4.69) is 70.4 Å². The lowest BCUT2D eigenvalue weighted by molar-refractivity contribution is -0.220. The van der Waals surface area contributed by atoms with Gasteiger partial charge in [-0.1, -0.05) is 54.9 Å². The summed E-state index contributed by atoms with van der Waals surface area (Å²) >= 11 is 2.22. The van der Waals surface area contributed by atoms with Crippen LogP contribution in [0.1, 0.15) is 132 Å².